The van der Waals surface area contributed by atoms with Crippen molar-refractivity contribution in [3.63, 3.8) is 0 Å². The van der Waals surface area contributed by atoms with E-state index in [1.165, 1.54) is 24.0 Å². The van der Waals surface area contributed by atoms with E-state index in [2.05, 4.69) is 73.7 Å². The normalized spacial score (nSPS) is 24.5. The van der Waals surface area contributed by atoms with Gasteiger partial charge in [0.1, 0.15) is 0 Å². The number of aromatic nitrogens is 4. The van der Waals surface area contributed by atoms with Gasteiger partial charge >= 0.3 is 0 Å². The van der Waals surface area contributed by atoms with Crippen LogP contribution in [0.3, 0.4) is 0 Å². The Balaban J connectivity index is 2.05. The van der Waals surface area contributed by atoms with Crippen molar-refractivity contribution in [2.24, 2.45) is 5.92 Å². The first-order chi connectivity index (χ1) is 11.4. The highest BCUT2D eigenvalue weighted by Crippen LogP contribution is 2.39. The number of nitrogens with one attached hydrogen (secondary N) is 1. The highest BCUT2D eigenvalue weighted by atomic mass is 15.6. The molecule has 1 aromatic carbocycles. The van der Waals surface area contributed by atoms with Gasteiger partial charge in [-0.25, -0.2) is 0 Å². The van der Waals surface area contributed by atoms with Crippen LogP contribution < -0.4 is 5.32 Å². The predicted molar refractivity (Wildman–Crippen MR) is 96.2 cm³/mol. The summed E-state index contributed by atoms with van der Waals surface area (Å²) >= 11 is 0. The number of aryl methyl sites for hydroxylation is 2. The summed E-state index contributed by atoms with van der Waals surface area (Å²) in [5.74, 6) is 1.73. The fourth-order valence-electron chi connectivity index (χ4n) is 3.97. The lowest BCUT2D eigenvalue weighted by molar-refractivity contribution is 0.170. The molecule has 0 unspecified atom stereocenters. The zero-order chi connectivity index (χ0) is 17.3. The quantitative estimate of drug-likeness (QED) is 0.930. The minimum absolute atomic E-state index is 0.137. The molecule has 1 aliphatic carbocycles. The van der Waals surface area contributed by atoms with Crippen molar-refractivity contribution in [3.05, 3.63) is 35.2 Å². The van der Waals surface area contributed by atoms with Crippen molar-refractivity contribution in [1.82, 2.24) is 25.5 Å². The molecule has 1 N–H and O–H groups in total. The molecule has 0 amide bonds. The predicted octanol–water partition coefficient (Wildman–Crippen LogP) is 3.68. The van der Waals surface area contributed by atoms with Gasteiger partial charge in [0.25, 0.3) is 0 Å². The second-order valence-electron chi connectivity index (χ2n) is 7.82. The Hall–Kier alpha value is -1.75. The van der Waals surface area contributed by atoms with E-state index in [1.807, 2.05) is 4.68 Å². The molecular weight excluding hydrogens is 298 g/mol. The summed E-state index contributed by atoms with van der Waals surface area (Å²) in [7, 11) is 0. The number of hydrogen-bond donors (Lipinski definition) is 1. The van der Waals surface area contributed by atoms with Crippen LogP contribution in [0.4, 0.5) is 0 Å². The molecule has 1 saturated carbocycles. The number of hydrogen-bond acceptors (Lipinski definition) is 4. The fourth-order valence-corrected chi connectivity index (χ4v) is 3.97. The molecule has 2 aromatic rings. The van der Waals surface area contributed by atoms with E-state index in [0.717, 1.165) is 30.3 Å². The molecular formula is C19H29N5. The Morgan fingerprint density at radius 2 is 1.75 bits per heavy atom. The van der Waals surface area contributed by atoms with Gasteiger partial charge in [0.15, 0.2) is 5.82 Å². The van der Waals surface area contributed by atoms with Gasteiger partial charge < -0.3 is 5.32 Å². The van der Waals surface area contributed by atoms with Crippen LogP contribution in [0.5, 0.6) is 0 Å². The highest BCUT2D eigenvalue weighted by Gasteiger charge is 2.41. The summed E-state index contributed by atoms with van der Waals surface area (Å²) in [6.45, 7) is 11.0. The Kier molecular flexibility index (Phi) is 4.72. The molecule has 0 spiro atoms. The highest BCUT2D eigenvalue weighted by molar-refractivity contribution is 5.39. The van der Waals surface area contributed by atoms with Crippen molar-refractivity contribution in [2.75, 3.05) is 0 Å². The number of nitrogens with zero attached hydrogens (tertiary/aromatic N) is 4. The molecule has 1 aliphatic rings. The summed E-state index contributed by atoms with van der Waals surface area (Å²) in [4.78, 5) is 0. The Labute approximate surface area is 144 Å². The first-order valence-corrected chi connectivity index (χ1v) is 9.05. The van der Waals surface area contributed by atoms with Gasteiger partial charge in [0.05, 0.1) is 11.2 Å². The first-order valence-electron chi connectivity index (χ1n) is 9.05. The van der Waals surface area contributed by atoms with Crippen molar-refractivity contribution in [2.45, 2.75) is 71.9 Å². The second-order valence-corrected chi connectivity index (χ2v) is 7.82. The van der Waals surface area contributed by atoms with Gasteiger partial charge in [0.2, 0.25) is 0 Å². The molecule has 130 valence electrons. The van der Waals surface area contributed by atoms with Crippen LogP contribution in [0.15, 0.2) is 18.2 Å². The van der Waals surface area contributed by atoms with Gasteiger partial charge in [-0.15, -0.1) is 5.10 Å². The molecule has 3 rings (SSSR count). The van der Waals surface area contributed by atoms with Crippen molar-refractivity contribution >= 4 is 0 Å². The number of tetrazole rings is 1. The van der Waals surface area contributed by atoms with Gasteiger partial charge in [-0.2, -0.15) is 4.68 Å². The van der Waals surface area contributed by atoms with Crippen LogP contribution in [0, 0.1) is 19.8 Å². The standard InChI is InChI=1S/C19H29N5/c1-13(2)20-19(8-6-14(3)7-9-19)18-21-22-23-24(18)17-11-15(4)10-16(5)12-17/h10-14,20H,6-9H2,1-5H3. The molecule has 5 nitrogen and oxygen atoms in total. The lowest BCUT2D eigenvalue weighted by atomic mass is 9.76. The SMILES string of the molecule is Cc1cc(C)cc(-n2nnnc2C2(NC(C)C)CCC(C)CC2)c1. The molecule has 5 heteroatoms. The summed E-state index contributed by atoms with van der Waals surface area (Å²) in [5, 5.41) is 16.6. The first kappa shape index (κ1) is 17.1. The largest absolute Gasteiger partial charge is 0.302 e. The van der Waals surface area contributed by atoms with Crippen molar-refractivity contribution < 1.29 is 0 Å². The lowest BCUT2D eigenvalue weighted by Crippen LogP contribution is -2.49. The number of benzene rings is 1. The van der Waals surface area contributed by atoms with Crippen molar-refractivity contribution in [1.29, 1.82) is 0 Å². The number of rotatable bonds is 4. The maximum Gasteiger partial charge on any atom is 0.176 e. The lowest BCUT2D eigenvalue weighted by Gasteiger charge is -2.40. The Bertz CT molecular complexity index is 675. The summed E-state index contributed by atoms with van der Waals surface area (Å²) < 4.78 is 1.94. The van der Waals surface area contributed by atoms with Gasteiger partial charge in [0, 0.05) is 6.04 Å². The van der Waals surface area contributed by atoms with Crippen LogP contribution in [0.25, 0.3) is 5.69 Å². The molecule has 1 aromatic heterocycles. The molecule has 0 radical (unpaired) electrons. The molecule has 0 atom stereocenters. The van der Waals surface area contributed by atoms with Crippen LogP contribution in [0.1, 0.15) is 63.4 Å². The van der Waals surface area contributed by atoms with Gasteiger partial charge in [-0.3, -0.25) is 0 Å². The zero-order valence-electron chi connectivity index (χ0n) is 15.5. The van der Waals surface area contributed by atoms with E-state index in [0.29, 0.717) is 6.04 Å². The molecule has 1 fully saturated rings. The van der Waals surface area contributed by atoms with E-state index in [1.54, 1.807) is 0 Å². The fraction of sp³-hybridized carbons (Fsp3) is 0.632. The zero-order valence-corrected chi connectivity index (χ0v) is 15.5. The van der Waals surface area contributed by atoms with Gasteiger partial charge in [-0.05, 0) is 93.0 Å². The van der Waals surface area contributed by atoms with E-state index >= 15 is 0 Å². The van der Waals surface area contributed by atoms with E-state index < -0.39 is 0 Å². The van der Waals surface area contributed by atoms with E-state index in [-0.39, 0.29) is 5.54 Å². The molecule has 1 heterocycles. The maximum atomic E-state index is 4.47. The van der Waals surface area contributed by atoms with Crippen LogP contribution in [-0.4, -0.2) is 26.2 Å². The van der Waals surface area contributed by atoms with Crippen LogP contribution in [0.2, 0.25) is 0 Å². The van der Waals surface area contributed by atoms with Crippen LogP contribution in [-0.2, 0) is 5.54 Å². The summed E-state index contributed by atoms with van der Waals surface area (Å²) in [6, 6.07) is 6.88. The van der Waals surface area contributed by atoms with Gasteiger partial charge in [-0.1, -0.05) is 13.0 Å². The average Bonchev–Trinajstić information content (AvgIpc) is 2.98. The Morgan fingerprint density at radius 1 is 1.12 bits per heavy atom. The second kappa shape index (κ2) is 6.63. The van der Waals surface area contributed by atoms with Crippen LogP contribution >= 0.6 is 0 Å². The van der Waals surface area contributed by atoms with Crippen molar-refractivity contribution in [3.8, 4) is 5.69 Å². The van der Waals surface area contributed by atoms with E-state index in [9.17, 15) is 0 Å². The Morgan fingerprint density at radius 3 is 2.33 bits per heavy atom. The molecule has 24 heavy (non-hydrogen) atoms. The minimum Gasteiger partial charge on any atom is -0.302 e. The third-order valence-electron chi connectivity index (χ3n) is 5.04. The maximum absolute atomic E-state index is 4.47. The molecule has 0 bridgehead atoms. The molecule has 0 aliphatic heterocycles. The van der Waals surface area contributed by atoms with E-state index in [4.69, 9.17) is 0 Å². The summed E-state index contributed by atoms with van der Waals surface area (Å²) in [6.07, 6.45) is 4.58. The molecule has 0 saturated heterocycles. The minimum atomic E-state index is -0.137. The average molecular weight is 327 g/mol. The smallest absolute Gasteiger partial charge is 0.176 e. The monoisotopic (exact) mass is 327 g/mol. The third-order valence-corrected chi connectivity index (χ3v) is 5.04. The topological polar surface area (TPSA) is 55.6 Å². The summed E-state index contributed by atoms with van der Waals surface area (Å²) in [5.41, 5.74) is 3.38. The third kappa shape index (κ3) is 3.36.